The van der Waals surface area contributed by atoms with Crippen LogP contribution in [0, 0.1) is 16.2 Å². The molecular weight excluding hydrogens is 234 g/mol. The van der Waals surface area contributed by atoms with Crippen LogP contribution in [0.3, 0.4) is 0 Å². The zero-order valence-corrected chi connectivity index (χ0v) is 14.7. The lowest BCUT2D eigenvalue weighted by atomic mass is 9.88. The van der Waals surface area contributed by atoms with Crippen molar-refractivity contribution in [3.8, 4) is 0 Å². The van der Waals surface area contributed by atoms with E-state index in [9.17, 15) is 4.79 Å². The highest BCUT2D eigenvalue weighted by atomic mass is 16.2. The molecule has 114 valence electrons. The summed E-state index contributed by atoms with van der Waals surface area (Å²) in [6.45, 7) is 21.2. The first-order valence-electron chi connectivity index (χ1n) is 7.52. The largest absolute Gasteiger partial charge is 0.342 e. The van der Waals surface area contributed by atoms with Gasteiger partial charge in [0.05, 0.1) is 0 Å². The van der Waals surface area contributed by atoms with Crippen molar-refractivity contribution < 1.29 is 4.79 Å². The van der Waals surface area contributed by atoms with Gasteiger partial charge in [0.25, 0.3) is 0 Å². The van der Waals surface area contributed by atoms with Crippen molar-refractivity contribution in [1.82, 2.24) is 4.90 Å². The second-order valence-electron chi connectivity index (χ2n) is 9.16. The number of carbonyl (C=O) groups excluding carboxylic acids is 1. The third-order valence-electron chi connectivity index (χ3n) is 3.19. The van der Waals surface area contributed by atoms with E-state index >= 15 is 0 Å². The molecule has 0 atom stereocenters. The molecule has 2 heteroatoms. The Balaban J connectivity index is 4.70. The molecule has 0 saturated carbocycles. The fraction of sp³-hybridized carbons (Fsp3) is 0.941. The average molecular weight is 269 g/mol. The van der Waals surface area contributed by atoms with E-state index in [4.69, 9.17) is 0 Å². The number of amides is 1. The van der Waals surface area contributed by atoms with E-state index in [1.54, 1.807) is 0 Å². The third kappa shape index (κ3) is 9.07. The first kappa shape index (κ1) is 18.5. The lowest BCUT2D eigenvalue weighted by Crippen LogP contribution is -2.42. The minimum atomic E-state index is -0.282. The van der Waals surface area contributed by atoms with Gasteiger partial charge < -0.3 is 4.90 Å². The summed E-state index contributed by atoms with van der Waals surface area (Å²) in [5, 5.41) is 0. The van der Waals surface area contributed by atoms with Crippen LogP contribution in [-0.2, 0) is 4.79 Å². The van der Waals surface area contributed by atoms with Crippen molar-refractivity contribution in [2.45, 2.75) is 75.2 Å². The summed E-state index contributed by atoms with van der Waals surface area (Å²) in [7, 11) is 0. The molecule has 0 aliphatic heterocycles. The molecule has 1 amide bonds. The SMILES string of the molecule is CC(C)(C)CCN(CCC(C)(C)C)C(=O)C(C)(C)C. The van der Waals surface area contributed by atoms with Crippen LogP contribution in [0.25, 0.3) is 0 Å². The van der Waals surface area contributed by atoms with Crippen LogP contribution in [0.4, 0.5) is 0 Å². The summed E-state index contributed by atoms with van der Waals surface area (Å²) in [4.78, 5) is 14.6. The zero-order valence-electron chi connectivity index (χ0n) is 14.7. The van der Waals surface area contributed by atoms with E-state index in [0.717, 1.165) is 25.9 Å². The molecule has 0 aliphatic carbocycles. The van der Waals surface area contributed by atoms with E-state index in [-0.39, 0.29) is 22.2 Å². The van der Waals surface area contributed by atoms with Crippen molar-refractivity contribution in [2.24, 2.45) is 16.2 Å². The maximum atomic E-state index is 12.5. The van der Waals surface area contributed by atoms with Gasteiger partial charge in [-0.25, -0.2) is 0 Å². The monoisotopic (exact) mass is 269 g/mol. The summed E-state index contributed by atoms with van der Waals surface area (Å²) in [5.74, 6) is 0.279. The Morgan fingerprint density at radius 2 is 1.05 bits per heavy atom. The van der Waals surface area contributed by atoms with Gasteiger partial charge in [-0.2, -0.15) is 0 Å². The standard InChI is InChI=1S/C17H35NO/c1-15(2,3)10-12-18(13-11-16(4,5)6)14(19)17(7,8)9/h10-13H2,1-9H3. The van der Waals surface area contributed by atoms with Crippen LogP contribution < -0.4 is 0 Å². The molecule has 0 spiro atoms. The molecule has 0 aromatic rings. The smallest absolute Gasteiger partial charge is 0.227 e. The van der Waals surface area contributed by atoms with Gasteiger partial charge in [0.15, 0.2) is 0 Å². The van der Waals surface area contributed by atoms with Gasteiger partial charge in [0.1, 0.15) is 0 Å². The fourth-order valence-electron chi connectivity index (χ4n) is 1.73. The molecule has 0 radical (unpaired) electrons. The summed E-state index contributed by atoms with van der Waals surface area (Å²) >= 11 is 0. The second-order valence-corrected chi connectivity index (χ2v) is 9.16. The molecule has 0 aromatic heterocycles. The Hall–Kier alpha value is -0.530. The van der Waals surface area contributed by atoms with E-state index < -0.39 is 0 Å². The lowest BCUT2D eigenvalue weighted by molar-refractivity contribution is -0.140. The van der Waals surface area contributed by atoms with E-state index in [1.165, 1.54) is 0 Å². The van der Waals surface area contributed by atoms with Gasteiger partial charge >= 0.3 is 0 Å². The zero-order chi connectivity index (χ0) is 15.5. The summed E-state index contributed by atoms with van der Waals surface area (Å²) in [6.07, 6.45) is 2.11. The van der Waals surface area contributed by atoms with Gasteiger partial charge in [-0.05, 0) is 23.7 Å². The van der Waals surface area contributed by atoms with Crippen molar-refractivity contribution in [2.75, 3.05) is 13.1 Å². The Bertz CT molecular complexity index is 268. The molecule has 0 unspecified atom stereocenters. The van der Waals surface area contributed by atoms with Crippen molar-refractivity contribution in [3.05, 3.63) is 0 Å². The summed E-state index contributed by atoms with van der Waals surface area (Å²) in [5.41, 5.74) is 0.270. The fourth-order valence-corrected chi connectivity index (χ4v) is 1.73. The van der Waals surface area contributed by atoms with Crippen LogP contribution in [0.2, 0.25) is 0 Å². The van der Waals surface area contributed by atoms with Crippen LogP contribution in [-0.4, -0.2) is 23.9 Å². The van der Waals surface area contributed by atoms with Gasteiger partial charge in [-0.1, -0.05) is 62.3 Å². The quantitative estimate of drug-likeness (QED) is 0.722. The number of carbonyl (C=O) groups is 1. The molecule has 0 N–H and O–H groups in total. The normalized spacial score (nSPS) is 13.5. The number of hydrogen-bond acceptors (Lipinski definition) is 1. The van der Waals surface area contributed by atoms with Gasteiger partial charge in [0, 0.05) is 18.5 Å². The molecule has 0 rings (SSSR count). The van der Waals surface area contributed by atoms with E-state index in [1.807, 2.05) is 20.8 Å². The number of rotatable bonds is 4. The van der Waals surface area contributed by atoms with Crippen LogP contribution >= 0.6 is 0 Å². The molecule has 0 fully saturated rings. The third-order valence-corrected chi connectivity index (χ3v) is 3.19. The Labute approximate surface area is 120 Å². The average Bonchev–Trinajstić information content (AvgIpc) is 2.12. The number of nitrogens with zero attached hydrogens (tertiary/aromatic N) is 1. The van der Waals surface area contributed by atoms with E-state index in [2.05, 4.69) is 46.4 Å². The maximum Gasteiger partial charge on any atom is 0.227 e. The van der Waals surface area contributed by atoms with Crippen molar-refractivity contribution >= 4 is 5.91 Å². The molecule has 19 heavy (non-hydrogen) atoms. The summed E-state index contributed by atoms with van der Waals surface area (Å²) < 4.78 is 0. The van der Waals surface area contributed by atoms with Crippen LogP contribution in [0.5, 0.6) is 0 Å². The molecule has 2 nitrogen and oxygen atoms in total. The Kier molecular flexibility index (Phi) is 6.10. The molecule has 0 heterocycles. The first-order valence-corrected chi connectivity index (χ1v) is 7.52. The summed E-state index contributed by atoms with van der Waals surface area (Å²) in [6, 6.07) is 0. The second kappa shape index (κ2) is 6.28. The van der Waals surface area contributed by atoms with Crippen molar-refractivity contribution in [1.29, 1.82) is 0 Å². The Morgan fingerprint density at radius 3 is 1.26 bits per heavy atom. The lowest BCUT2D eigenvalue weighted by Gasteiger charge is -2.33. The Morgan fingerprint density at radius 1 is 0.737 bits per heavy atom. The highest BCUT2D eigenvalue weighted by Crippen LogP contribution is 2.25. The van der Waals surface area contributed by atoms with Gasteiger partial charge in [0.2, 0.25) is 5.91 Å². The molecule has 0 bridgehead atoms. The minimum absolute atomic E-state index is 0.276. The predicted octanol–water partition coefficient (Wildman–Crippen LogP) is 4.73. The highest BCUT2D eigenvalue weighted by Gasteiger charge is 2.28. The van der Waals surface area contributed by atoms with Crippen LogP contribution in [0.1, 0.15) is 75.2 Å². The molecule has 0 saturated heterocycles. The maximum absolute atomic E-state index is 12.5. The first-order chi connectivity index (χ1) is 8.22. The molecule has 0 aliphatic rings. The predicted molar refractivity (Wildman–Crippen MR) is 84.2 cm³/mol. The van der Waals surface area contributed by atoms with Gasteiger partial charge in [-0.15, -0.1) is 0 Å². The number of hydrogen-bond donors (Lipinski definition) is 0. The van der Waals surface area contributed by atoms with Crippen molar-refractivity contribution in [3.63, 3.8) is 0 Å². The van der Waals surface area contributed by atoms with Crippen LogP contribution in [0.15, 0.2) is 0 Å². The molecule has 0 aromatic carbocycles. The molecular formula is C17H35NO. The minimum Gasteiger partial charge on any atom is -0.342 e. The van der Waals surface area contributed by atoms with Gasteiger partial charge in [-0.3, -0.25) is 4.79 Å². The van der Waals surface area contributed by atoms with E-state index in [0.29, 0.717) is 0 Å². The highest BCUT2D eigenvalue weighted by molar-refractivity contribution is 5.81. The topological polar surface area (TPSA) is 20.3 Å².